The fourth-order valence-electron chi connectivity index (χ4n) is 5.61. The maximum absolute atomic E-state index is 14.8. The van der Waals surface area contributed by atoms with E-state index in [1.807, 2.05) is 70.2 Å². The molecule has 2 aromatic carbocycles. The van der Waals surface area contributed by atoms with Crippen molar-refractivity contribution in [3.05, 3.63) is 107 Å². The average Bonchev–Trinajstić information content (AvgIpc) is 3.54. The molecule has 2 heterocycles. The molecule has 1 N–H and O–H groups in total. The first-order chi connectivity index (χ1) is 20.4. The topological polar surface area (TPSA) is 98.2 Å². The zero-order valence-corrected chi connectivity index (χ0v) is 25.3. The van der Waals surface area contributed by atoms with Crippen LogP contribution in [0, 0.1) is 0 Å². The largest absolute Gasteiger partial charge is 0.422 e. The van der Waals surface area contributed by atoms with E-state index in [1.165, 1.54) is 18.4 Å². The summed E-state index contributed by atoms with van der Waals surface area (Å²) in [7, 11) is 0. The van der Waals surface area contributed by atoms with Gasteiger partial charge in [-0.15, -0.1) is 6.58 Å². The van der Waals surface area contributed by atoms with Crippen molar-refractivity contribution < 1.29 is 23.9 Å². The van der Waals surface area contributed by atoms with E-state index in [-0.39, 0.29) is 34.8 Å². The molecule has 5 rings (SSSR count). The minimum Gasteiger partial charge on any atom is -0.422 e. The minimum absolute atomic E-state index is 0.0267. The second kappa shape index (κ2) is 11.0. The summed E-state index contributed by atoms with van der Waals surface area (Å²) in [5.74, 6) is -2.32. The van der Waals surface area contributed by atoms with Crippen LogP contribution in [0.4, 0.5) is 0 Å². The Morgan fingerprint density at radius 2 is 1.58 bits per heavy atom. The molecule has 0 atom stereocenters. The minimum atomic E-state index is -0.726. The highest BCUT2D eigenvalue weighted by Crippen LogP contribution is 2.45. The van der Waals surface area contributed by atoms with Crippen LogP contribution in [0.3, 0.4) is 0 Å². The summed E-state index contributed by atoms with van der Waals surface area (Å²) >= 11 is 0. The van der Waals surface area contributed by atoms with Crippen LogP contribution in [-0.2, 0) is 24.5 Å². The fraction of sp³-hybridized carbons (Fsp3) is 0.222. The van der Waals surface area contributed by atoms with Crippen LogP contribution in [0.5, 0.6) is 0 Å². The predicted molar refractivity (Wildman–Crippen MR) is 169 cm³/mol. The zero-order chi connectivity index (χ0) is 31.2. The SMILES string of the molecule is C=CC(C)(C)c1[nH]c2ccccc2c1C1=C(OC(C)=O)C(=O)C(c2cn(C(C)=O)c3ccccc23)=C(CC=C(C)C)C1=O. The second-order valence-electron chi connectivity index (χ2n) is 11.6. The molecule has 0 spiro atoms. The molecule has 1 aliphatic carbocycles. The van der Waals surface area contributed by atoms with Crippen molar-refractivity contribution in [1.82, 2.24) is 9.55 Å². The number of Topliss-reactive ketones (excluding diaryl/α,β-unsaturated/α-hetero) is 2. The molecule has 7 heteroatoms. The lowest BCUT2D eigenvalue weighted by Crippen LogP contribution is -2.27. The van der Waals surface area contributed by atoms with Crippen molar-refractivity contribution in [1.29, 1.82) is 0 Å². The summed E-state index contributed by atoms with van der Waals surface area (Å²) in [6.07, 6.45) is 5.42. The van der Waals surface area contributed by atoms with Crippen molar-refractivity contribution in [3.63, 3.8) is 0 Å². The Bertz CT molecular complexity index is 1970. The number of benzene rings is 2. The molecule has 43 heavy (non-hydrogen) atoms. The molecule has 0 aliphatic heterocycles. The number of carbonyl (C=O) groups is 4. The third kappa shape index (κ3) is 5.01. The zero-order valence-electron chi connectivity index (χ0n) is 25.3. The van der Waals surface area contributed by atoms with E-state index in [1.54, 1.807) is 24.4 Å². The first kappa shape index (κ1) is 29.5. The summed E-state index contributed by atoms with van der Waals surface area (Å²) in [5, 5.41) is 1.35. The summed E-state index contributed by atoms with van der Waals surface area (Å²) in [6.45, 7) is 14.4. The van der Waals surface area contributed by atoms with Crippen LogP contribution >= 0.6 is 0 Å². The summed E-state index contributed by atoms with van der Waals surface area (Å²) in [4.78, 5) is 58.0. The number of nitrogens with one attached hydrogen (secondary N) is 1. The quantitative estimate of drug-likeness (QED) is 0.140. The number of nitrogens with zero attached hydrogens (tertiary/aromatic N) is 1. The van der Waals surface area contributed by atoms with Gasteiger partial charge in [0, 0.05) is 69.7 Å². The number of allylic oxidation sites excluding steroid dienone is 6. The number of aromatic nitrogens is 2. The molecule has 4 aromatic rings. The van der Waals surface area contributed by atoms with E-state index in [0.29, 0.717) is 33.1 Å². The van der Waals surface area contributed by atoms with Gasteiger partial charge in [-0.25, -0.2) is 0 Å². The maximum Gasteiger partial charge on any atom is 0.308 e. The number of hydrogen-bond donors (Lipinski definition) is 1. The van der Waals surface area contributed by atoms with Crippen molar-refractivity contribution in [2.45, 2.75) is 53.4 Å². The Kier molecular flexibility index (Phi) is 7.52. The second-order valence-corrected chi connectivity index (χ2v) is 11.6. The number of carbonyl (C=O) groups excluding carboxylic acids is 4. The highest BCUT2D eigenvalue weighted by Gasteiger charge is 2.41. The van der Waals surface area contributed by atoms with E-state index < -0.39 is 23.0 Å². The molecule has 0 unspecified atom stereocenters. The molecule has 0 bridgehead atoms. The number of esters is 1. The molecular formula is C36H34N2O5. The Morgan fingerprint density at radius 1 is 0.930 bits per heavy atom. The van der Waals surface area contributed by atoms with E-state index in [9.17, 15) is 19.2 Å². The number of ether oxygens (including phenoxy) is 1. The van der Waals surface area contributed by atoms with Gasteiger partial charge in [0.15, 0.2) is 11.5 Å². The van der Waals surface area contributed by atoms with Crippen LogP contribution in [0.1, 0.15) is 69.6 Å². The van der Waals surface area contributed by atoms with Gasteiger partial charge in [-0.1, -0.05) is 68.0 Å². The van der Waals surface area contributed by atoms with Crippen molar-refractivity contribution >= 4 is 56.4 Å². The van der Waals surface area contributed by atoms with Crippen LogP contribution in [-0.4, -0.2) is 33.0 Å². The Balaban J connectivity index is 1.90. The lowest BCUT2D eigenvalue weighted by atomic mass is 9.77. The van der Waals surface area contributed by atoms with E-state index in [2.05, 4.69) is 11.6 Å². The number of fused-ring (bicyclic) bond motifs is 2. The van der Waals surface area contributed by atoms with Gasteiger partial charge >= 0.3 is 5.97 Å². The number of aromatic amines is 1. The molecular weight excluding hydrogens is 540 g/mol. The molecule has 0 amide bonds. The molecule has 0 saturated carbocycles. The summed E-state index contributed by atoms with van der Waals surface area (Å²) in [5.41, 5.74) is 3.70. The summed E-state index contributed by atoms with van der Waals surface area (Å²) in [6, 6.07) is 14.7. The highest BCUT2D eigenvalue weighted by atomic mass is 16.5. The molecule has 0 saturated heterocycles. The highest BCUT2D eigenvalue weighted by molar-refractivity contribution is 6.49. The monoisotopic (exact) mass is 574 g/mol. The van der Waals surface area contributed by atoms with Gasteiger partial charge < -0.3 is 9.72 Å². The lowest BCUT2D eigenvalue weighted by Gasteiger charge is -2.26. The third-order valence-electron chi connectivity index (χ3n) is 7.85. The van der Waals surface area contributed by atoms with Gasteiger partial charge in [0.25, 0.3) is 0 Å². The standard InChI is InChI=1S/C36H34N2O5/c1-8-36(6,7)35-30(24-14-9-11-15-27(24)37-35)31-32(41)25(18-17-20(2)3)29(33(42)34(31)43-22(5)40)26-19-38(21(4)39)28-16-12-10-13-23(26)28/h8-17,19,37H,1,18H2,2-7H3. The van der Waals surface area contributed by atoms with Crippen LogP contribution in [0.2, 0.25) is 0 Å². The number of hydrogen-bond acceptors (Lipinski definition) is 5. The average molecular weight is 575 g/mol. The number of para-hydroxylation sites is 2. The van der Waals surface area contributed by atoms with Crippen molar-refractivity contribution in [2.24, 2.45) is 0 Å². The molecule has 0 radical (unpaired) electrons. The Morgan fingerprint density at radius 3 is 2.21 bits per heavy atom. The Labute approximate surface area is 250 Å². The predicted octanol–water partition coefficient (Wildman–Crippen LogP) is 7.48. The van der Waals surface area contributed by atoms with Crippen LogP contribution < -0.4 is 0 Å². The first-order valence-electron chi connectivity index (χ1n) is 14.1. The number of H-pyrrole nitrogens is 1. The van der Waals surface area contributed by atoms with Gasteiger partial charge in [-0.05, 0) is 32.4 Å². The molecule has 1 aliphatic rings. The van der Waals surface area contributed by atoms with Crippen molar-refractivity contribution in [2.75, 3.05) is 0 Å². The molecule has 7 nitrogen and oxygen atoms in total. The van der Waals surface area contributed by atoms with Gasteiger partial charge in [-0.3, -0.25) is 23.7 Å². The Hall–Kier alpha value is -5.04. The van der Waals surface area contributed by atoms with Crippen LogP contribution in [0.15, 0.2) is 90.4 Å². The number of ketones is 2. The molecule has 218 valence electrons. The lowest BCUT2D eigenvalue weighted by molar-refractivity contribution is -0.139. The summed E-state index contributed by atoms with van der Waals surface area (Å²) < 4.78 is 7.12. The molecule has 0 fully saturated rings. The van der Waals surface area contributed by atoms with Gasteiger partial charge in [0.05, 0.1) is 11.1 Å². The van der Waals surface area contributed by atoms with Gasteiger partial charge in [0.1, 0.15) is 0 Å². The van der Waals surface area contributed by atoms with Crippen LogP contribution in [0.25, 0.3) is 33.0 Å². The third-order valence-corrected chi connectivity index (χ3v) is 7.85. The first-order valence-corrected chi connectivity index (χ1v) is 14.1. The smallest absolute Gasteiger partial charge is 0.308 e. The number of rotatable bonds is 7. The van der Waals surface area contributed by atoms with E-state index in [4.69, 9.17) is 4.74 Å². The van der Waals surface area contributed by atoms with E-state index in [0.717, 1.165) is 11.1 Å². The van der Waals surface area contributed by atoms with Gasteiger partial charge in [0.2, 0.25) is 11.7 Å². The fourth-order valence-corrected chi connectivity index (χ4v) is 5.61. The van der Waals surface area contributed by atoms with E-state index >= 15 is 0 Å². The normalized spacial score (nSPS) is 14.1. The van der Waals surface area contributed by atoms with Crippen molar-refractivity contribution in [3.8, 4) is 0 Å². The van der Waals surface area contributed by atoms with Gasteiger partial charge in [-0.2, -0.15) is 0 Å². The molecule has 2 aromatic heterocycles. The maximum atomic E-state index is 14.8.